The fourth-order valence-electron chi connectivity index (χ4n) is 7.07. The zero-order chi connectivity index (χ0) is 43.0. The molecule has 2 atom stereocenters. The number of aliphatic carboxylic acids is 2. The number of carbonyl (C=O) groups excluding carboxylic acids is 1. The number of hydrogen-bond donors (Lipinski definition) is 4. The number of fused-ring (bicyclic) bond motifs is 1. The van der Waals surface area contributed by atoms with Crippen LogP contribution in [0.1, 0.15) is 61.1 Å². The standard InChI is InChI=1S/C38H40F4N4O2S.C4H6O6/c1-25(2)44-20-18-32(19-21-44)45(22-26-6-10-28(11-7-26)29-12-14-30(15-13-29)38(40,41)42)35(47)23-46-34-5-3-4-33(34)36(48)43-37(46)49-24-27-8-16-31(39)17-9-27;5-1(3(7)8)2(6)4(9)10/h6-17,25,32H,3-5,18-24H2,1-2H3;1-2,5-6H,(H,7,8)(H,9,10). The second-order valence-electron chi connectivity index (χ2n) is 14.7. The van der Waals surface area contributed by atoms with E-state index in [0.717, 1.165) is 66.9 Å². The molecule has 2 unspecified atom stereocenters. The number of carbonyl (C=O) groups is 3. The van der Waals surface area contributed by atoms with Crippen molar-refractivity contribution in [3.05, 3.63) is 117 Å². The van der Waals surface area contributed by atoms with Crippen molar-refractivity contribution in [1.29, 1.82) is 0 Å². The normalized spacial score (nSPS) is 15.5. The first-order chi connectivity index (χ1) is 27.9. The number of benzene rings is 3. The van der Waals surface area contributed by atoms with Gasteiger partial charge in [-0.2, -0.15) is 18.2 Å². The Hall–Kier alpha value is -5.10. The van der Waals surface area contributed by atoms with Crippen molar-refractivity contribution < 1.29 is 52.4 Å². The number of aromatic nitrogens is 2. The van der Waals surface area contributed by atoms with Gasteiger partial charge in [-0.25, -0.2) is 14.0 Å². The topological polar surface area (TPSA) is 174 Å². The quantitative estimate of drug-likeness (QED) is 0.0747. The molecule has 0 saturated carbocycles. The van der Waals surface area contributed by atoms with Crippen LogP contribution in [0.2, 0.25) is 0 Å². The van der Waals surface area contributed by atoms with Crippen LogP contribution in [0.4, 0.5) is 17.6 Å². The fraction of sp³-hybridized carbons (Fsp3) is 0.405. The molecule has 1 fully saturated rings. The number of thioether (sulfide) groups is 1. The van der Waals surface area contributed by atoms with E-state index in [0.29, 0.717) is 47.5 Å². The van der Waals surface area contributed by atoms with Gasteiger partial charge in [0.05, 0.1) is 5.56 Å². The fourth-order valence-corrected chi connectivity index (χ4v) is 8.04. The summed E-state index contributed by atoms with van der Waals surface area (Å²) in [5.41, 5.74) is 3.88. The van der Waals surface area contributed by atoms with Gasteiger partial charge >= 0.3 is 18.1 Å². The summed E-state index contributed by atoms with van der Waals surface area (Å²) >= 11 is 1.37. The lowest BCUT2D eigenvalue weighted by molar-refractivity contribution is -0.165. The average Bonchev–Trinajstić information content (AvgIpc) is 3.72. The predicted octanol–water partition coefficient (Wildman–Crippen LogP) is 5.63. The summed E-state index contributed by atoms with van der Waals surface area (Å²) in [5, 5.41) is 33.0. The summed E-state index contributed by atoms with van der Waals surface area (Å²) in [6.07, 6.45) is -5.09. The van der Waals surface area contributed by atoms with Gasteiger partial charge in [-0.1, -0.05) is 60.3 Å². The molecule has 316 valence electrons. The molecule has 1 aromatic heterocycles. The number of hydrogen-bond acceptors (Lipinski definition) is 9. The molecule has 1 saturated heterocycles. The van der Waals surface area contributed by atoms with E-state index in [-0.39, 0.29) is 29.9 Å². The molecule has 1 amide bonds. The van der Waals surface area contributed by atoms with Gasteiger partial charge in [-0.15, -0.1) is 0 Å². The van der Waals surface area contributed by atoms with Crippen molar-refractivity contribution in [3.8, 4) is 11.1 Å². The number of alkyl halides is 3. The van der Waals surface area contributed by atoms with Crippen LogP contribution in [0, 0.1) is 5.82 Å². The van der Waals surface area contributed by atoms with Crippen LogP contribution in [0.5, 0.6) is 0 Å². The number of aliphatic hydroxyl groups excluding tert-OH is 2. The van der Waals surface area contributed by atoms with E-state index in [1.165, 1.54) is 36.0 Å². The molecule has 6 rings (SSSR count). The molecular weight excluding hydrogens is 797 g/mol. The SMILES string of the molecule is CC(C)N1CCC(N(Cc2ccc(-c3ccc(C(F)(F)F)cc3)cc2)C(=O)Cn2c(SCc3ccc(F)cc3)nc(=O)c3c2CCC3)CC1.O=C(O)C(O)C(O)C(=O)O. The summed E-state index contributed by atoms with van der Waals surface area (Å²) in [6.45, 7) is 6.55. The lowest BCUT2D eigenvalue weighted by Gasteiger charge is -2.40. The predicted molar refractivity (Wildman–Crippen MR) is 211 cm³/mol. The summed E-state index contributed by atoms with van der Waals surface area (Å²) < 4.78 is 54.6. The first kappa shape index (κ1) is 45.0. The maximum absolute atomic E-state index is 14.4. The number of carboxylic acids is 2. The molecular formula is C42H46F4N4O8S. The van der Waals surface area contributed by atoms with Crippen molar-refractivity contribution in [2.75, 3.05) is 13.1 Å². The first-order valence-electron chi connectivity index (χ1n) is 19.0. The third-order valence-corrected chi connectivity index (χ3v) is 11.5. The minimum atomic E-state index is -4.39. The van der Waals surface area contributed by atoms with E-state index < -0.39 is 35.9 Å². The van der Waals surface area contributed by atoms with Gasteiger partial charge in [0.25, 0.3) is 5.56 Å². The highest BCUT2D eigenvalue weighted by Gasteiger charge is 2.32. The Balaban J connectivity index is 0.000000586. The van der Waals surface area contributed by atoms with Crippen LogP contribution in [-0.4, -0.2) is 95.0 Å². The Kier molecular flexibility index (Phi) is 15.1. The second-order valence-corrected chi connectivity index (χ2v) is 15.6. The molecule has 12 nitrogen and oxygen atoms in total. The molecule has 4 N–H and O–H groups in total. The molecule has 2 aliphatic rings. The third-order valence-electron chi connectivity index (χ3n) is 10.4. The second kappa shape index (κ2) is 19.8. The molecule has 1 aliphatic heterocycles. The van der Waals surface area contributed by atoms with Crippen LogP contribution >= 0.6 is 11.8 Å². The number of rotatable bonds is 13. The smallest absolute Gasteiger partial charge is 0.416 e. The van der Waals surface area contributed by atoms with Crippen molar-refractivity contribution >= 4 is 29.6 Å². The van der Waals surface area contributed by atoms with Crippen molar-refractivity contribution in [1.82, 2.24) is 19.4 Å². The third kappa shape index (κ3) is 11.8. The zero-order valence-corrected chi connectivity index (χ0v) is 33.3. The Morgan fingerprint density at radius 2 is 1.39 bits per heavy atom. The summed E-state index contributed by atoms with van der Waals surface area (Å²) in [5.74, 6) is -3.44. The minimum Gasteiger partial charge on any atom is -0.479 e. The molecule has 3 aromatic carbocycles. The molecule has 0 spiro atoms. The van der Waals surface area contributed by atoms with Gasteiger partial charge in [-0.3, -0.25) is 9.59 Å². The van der Waals surface area contributed by atoms with Gasteiger partial charge in [0.1, 0.15) is 12.4 Å². The van der Waals surface area contributed by atoms with Crippen LogP contribution < -0.4 is 5.56 Å². The number of carboxylic acid groups (broad SMARTS) is 2. The van der Waals surface area contributed by atoms with Crippen LogP contribution in [-0.2, 0) is 52.2 Å². The summed E-state index contributed by atoms with van der Waals surface area (Å²) in [6, 6.07) is 19.4. The highest BCUT2D eigenvalue weighted by atomic mass is 32.2. The molecule has 2 heterocycles. The number of aliphatic hydroxyl groups is 2. The first-order valence-corrected chi connectivity index (χ1v) is 20.0. The van der Waals surface area contributed by atoms with Crippen molar-refractivity contribution in [3.63, 3.8) is 0 Å². The maximum atomic E-state index is 14.4. The van der Waals surface area contributed by atoms with Gasteiger partial charge in [-0.05, 0) is 92.5 Å². The zero-order valence-electron chi connectivity index (χ0n) is 32.4. The number of likely N-dealkylation sites (tertiary alicyclic amines) is 1. The van der Waals surface area contributed by atoms with E-state index in [4.69, 9.17) is 20.4 Å². The number of piperidine rings is 1. The van der Waals surface area contributed by atoms with E-state index in [9.17, 15) is 36.7 Å². The van der Waals surface area contributed by atoms with E-state index >= 15 is 0 Å². The van der Waals surface area contributed by atoms with Gasteiger partial charge in [0, 0.05) is 48.7 Å². The van der Waals surface area contributed by atoms with Crippen LogP contribution in [0.25, 0.3) is 11.1 Å². The van der Waals surface area contributed by atoms with E-state index in [1.807, 2.05) is 33.7 Å². The Labute approximate surface area is 342 Å². The largest absolute Gasteiger partial charge is 0.479 e. The molecule has 59 heavy (non-hydrogen) atoms. The van der Waals surface area contributed by atoms with Crippen LogP contribution in [0.15, 0.2) is 82.7 Å². The van der Waals surface area contributed by atoms with Gasteiger partial charge in [0.15, 0.2) is 17.4 Å². The van der Waals surface area contributed by atoms with Crippen molar-refractivity contribution in [2.24, 2.45) is 0 Å². The Morgan fingerprint density at radius 3 is 1.92 bits per heavy atom. The monoisotopic (exact) mass is 842 g/mol. The van der Waals surface area contributed by atoms with E-state index in [1.54, 1.807) is 12.1 Å². The number of amides is 1. The number of halogens is 4. The van der Waals surface area contributed by atoms with Gasteiger partial charge < -0.3 is 34.8 Å². The number of nitrogens with zero attached hydrogens (tertiary/aromatic N) is 4. The molecule has 0 bridgehead atoms. The average molecular weight is 843 g/mol. The Bertz CT molecular complexity index is 2120. The van der Waals surface area contributed by atoms with Crippen molar-refractivity contribution in [2.45, 2.75) is 100 Å². The molecule has 17 heteroatoms. The van der Waals surface area contributed by atoms with Crippen LogP contribution in [0.3, 0.4) is 0 Å². The lowest BCUT2D eigenvalue weighted by atomic mass is 9.99. The minimum absolute atomic E-state index is 0.0211. The lowest BCUT2D eigenvalue weighted by Crippen LogP contribution is -2.49. The highest BCUT2D eigenvalue weighted by Crippen LogP contribution is 2.32. The summed E-state index contributed by atoms with van der Waals surface area (Å²) in [7, 11) is 0. The molecule has 0 radical (unpaired) electrons. The summed E-state index contributed by atoms with van der Waals surface area (Å²) in [4.78, 5) is 55.8. The Morgan fingerprint density at radius 1 is 0.847 bits per heavy atom. The highest BCUT2D eigenvalue weighted by molar-refractivity contribution is 7.98. The van der Waals surface area contributed by atoms with Gasteiger partial charge in [0.2, 0.25) is 5.91 Å². The van der Waals surface area contributed by atoms with E-state index in [2.05, 4.69) is 23.7 Å². The molecule has 4 aromatic rings. The molecule has 1 aliphatic carbocycles. The maximum Gasteiger partial charge on any atom is 0.416 e.